The van der Waals surface area contributed by atoms with Gasteiger partial charge in [0.05, 0.1) is 27.7 Å². The zero-order valence-electron chi connectivity index (χ0n) is 9.69. The summed E-state index contributed by atoms with van der Waals surface area (Å²) in [5, 5.41) is 6.21. The molecule has 5 N–H and O–H groups in total. The second kappa shape index (κ2) is 5.65. The van der Waals surface area contributed by atoms with Crippen LogP contribution in [0.2, 0.25) is 0 Å². The van der Waals surface area contributed by atoms with Gasteiger partial charge in [0.15, 0.2) is 0 Å². The van der Waals surface area contributed by atoms with Gasteiger partial charge in [0.2, 0.25) is 0 Å². The van der Waals surface area contributed by atoms with Gasteiger partial charge in [0.25, 0.3) is 5.08 Å². The highest BCUT2D eigenvalue weighted by Crippen LogP contribution is 2.68. The quantitative estimate of drug-likeness (QED) is 0.258. The first-order valence-corrected chi connectivity index (χ1v) is 7.57. The zero-order valence-corrected chi connectivity index (χ0v) is 12.2. The monoisotopic (exact) mass is 313 g/mol. The van der Waals surface area contributed by atoms with Gasteiger partial charge in [-0.2, -0.15) is 0 Å². The lowest BCUT2D eigenvalue weighted by molar-refractivity contribution is -0.870. The highest BCUT2D eigenvalue weighted by molar-refractivity contribution is 7.72. The first kappa shape index (κ1) is 19.8. The van der Waals surface area contributed by atoms with E-state index in [1.165, 1.54) is 0 Å². The molecule has 0 amide bonds. The van der Waals surface area contributed by atoms with Crippen molar-refractivity contribution in [1.29, 1.82) is 0 Å². The number of halogens is 1. The molecular weight excluding hydrogens is 295 g/mol. The molecule has 0 unspecified atom stereocenters. The van der Waals surface area contributed by atoms with Crippen LogP contribution in [0.5, 0.6) is 0 Å². The van der Waals surface area contributed by atoms with Gasteiger partial charge >= 0.3 is 15.2 Å². The maximum absolute atomic E-state index is 11.0. The van der Waals surface area contributed by atoms with Crippen molar-refractivity contribution in [3.8, 4) is 0 Å². The van der Waals surface area contributed by atoms with Crippen LogP contribution < -0.4 is 12.4 Å². The molecule has 0 fully saturated rings. The molecule has 8 nitrogen and oxygen atoms in total. The van der Waals surface area contributed by atoms with Crippen LogP contribution in [0.3, 0.4) is 0 Å². The molecule has 0 aliphatic heterocycles. The molecule has 0 aromatic heterocycles. The average molecular weight is 314 g/mol. The Bertz CT molecular complexity index is 321. The molecule has 106 valence electrons. The minimum Gasteiger partial charge on any atom is -1.00 e. The first-order valence-electron chi connectivity index (χ1n) is 4.35. The minimum absolute atomic E-state index is 0. The lowest BCUT2D eigenvalue weighted by Crippen LogP contribution is -3.00. The fourth-order valence-corrected chi connectivity index (χ4v) is 3.09. The molecule has 0 rings (SSSR count). The van der Waals surface area contributed by atoms with Gasteiger partial charge in [-0.3, -0.25) is 9.13 Å². The summed E-state index contributed by atoms with van der Waals surface area (Å²) < 4.78 is 22.1. The van der Waals surface area contributed by atoms with E-state index in [0.29, 0.717) is 0 Å². The Morgan fingerprint density at radius 3 is 1.47 bits per heavy atom. The maximum Gasteiger partial charge on any atom is 0.369 e. The van der Waals surface area contributed by atoms with E-state index in [-0.39, 0.29) is 23.4 Å². The van der Waals surface area contributed by atoms with Crippen molar-refractivity contribution in [1.82, 2.24) is 0 Å². The van der Waals surface area contributed by atoms with Crippen molar-refractivity contribution in [3.05, 3.63) is 0 Å². The highest BCUT2D eigenvalue weighted by atomic mass is 35.5. The number of hydrogen-bond acceptors (Lipinski definition) is 3. The molecule has 0 heterocycles. The van der Waals surface area contributed by atoms with Crippen molar-refractivity contribution >= 4 is 15.2 Å². The molecule has 0 bridgehead atoms. The number of nitrogens with zero attached hydrogens (tertiary/aromatic N) is 1. The Balaban J connectivity index is 0. The lowest BCUT2D eigenvalue weighted by atomic mass is 10.4. The van der Waals surface area contributed by atoms with Crippen LogP contribution in [-0.4, -0.2) is 61.9 Å². The van der Waals surface area contributed by atoms with E-state index in [4.69, 9.17) is 19.6 Å². The van der Waals surface area contributed by atoms with Crippen LogP contribution in [-0.2, 0) is 9.13 Å². The summed E-state index contributed by atoms with van der Waals surface area (Å²) >= 11 is 0. The molecule has 0 aromatic carbocycles. The molecule has 0 saturated carbocycles. The van der Waals surface area contributed by atoms with Crippen LogP contribution in [0.1, 0.15) is 6.42 Å². The fourth-order valence-electron chi connectivity index (χ4n) is 0.946. The summed E-state index contributed by atoms with van der Waals surface area (Å²) in [6.45, 7) is 0.00667. The topological polar surface area (TPSA) is 135 Å². The third kappa shape index (κ3) is 5.34. The summed E-state index contributed by atoms with van der Waals surface area (Å²) in [7, 11) is -5.63. The van der Waals surface area contributed by atoms with Crippen LogP contribution in [0.25, 0.3) is 0 Å². The van der Waals surface area contributed by atoms with E-state index in [2.05, 4.69) is 0 Å². The average Bonchev–Trinajstić information content (AvgIpc) is 1.93. The third-order valence-corrected chi connectivity index (χ3v) is 5.93. The van der Waals surface area contributed by atoms with Crippen LogP contribution in [0, 0.1) is 0 Å². The fraction of sp³-hybridized carbons (Fsp3) is 1.00. The Hall–Kier alpha value is 0.510. The number of hydrogen-bond donors (Lipinski definition) is 5. The molecule has 0 radical (unpaired) electrons. The molecule has 11 heteroatoms. The van der Waals surface area contributed by atoms with Gasteiger partial charge in [0, 0.05) is 6.42 Å². The lowest BCUT2D eigenvalue weighted by Gasteiger charge is -2.32. The molecule has 0 aromatic rings. The summed E-state index contributed by atoms with van der Waals surface area (Å²) in [5.74, 6) is 0. The number of rotatable bonds is 5. The zero-order chi connectivity index (χ0) is 13.4. The number of aliphatic hydroxyl groups is 1. The SMILES string of the molecule is C[N+](C)(C)CCC(O)(P(=O)(O)O)P(=O)(O)O.[Cl-]. The van der Waals surface area contributed by atoms with E-state index in [1.807, 2.05) is 0 Å². The molecular formula is C6H18ClNO7P2. The van der Waals surface area contributed by atoms with Crippen molar-refractivity contribution in [2.75, 3.05) is 27.7 Å². The summed E-state index contributed by atoms with van der Waals surface area (Å²) in [4.78, 5) is 35.3. The van der Waals surface area contributed by atoms with E-state index in [9.17, 15) is 14.2 Å². The molecule has 0 atom stereocenters. The second-order valence-electron chi connectivity index (χ2n) is 4.63. The molecule has 17 heavy (non-hydrogen) atoms. The third-order valence-electron chi connectivity index (χ3n) is 2.05. The predicted molar refractivity (Wildman–Crippen MR) is 56.6 cm³/mol. The minimum atomic E-state index is -5.31. The van der Waals surface area contributed by atoms with E-state index >= 15 is 0 Å². The molecule has 0 aliphatic rings. The Kier molecular flexibility index (Phi) is 6.60. The van der Waals surface area contributed by atoms with E-state index < -0.39 is 26.7 Å². The van der Waals surface area contributed by atoms with Gasteiger partial charge in [-0.15, -0.1) is 0 Å². The maximum atomic E-state index is 11.0. The van der Waals surface area contributed by atoms with Crippen LogP contribution in [0.15, 0.2) is 0 Å². The van der Waals surface area contributed by atoms with Gasteiger partial charge in [-0.05, 0) is 0 Å². The normalized spacial score (nSPS) is 14.4. The molecule has 0 spiro atoms. The Morgan fingerprint density at radius 1 is 1.00 bits per heavy atom. The molecule has 0 saturated heterocycles. The summed E-state index contributed by atoms with van der Waals surface area (Å²) in [6.07, 6.45) is -0.689. The Labute approximate surface area is 106 Å². The smallest absolute Gasteiger partial charge is 0.369 e. The van der Waals surface area contributed by atoms with Crippen molar-refractivity contribution in [3.63, 3.8) is 0 Å². The van der Waals surface area contributed by atoms with Crippen molar-refractivity contribution in [2.24, 2.45) is 0 Å². The summed E-state index contributed by atoms with van der Waals surface area (Å²) in [6, 6.07) is 0. The van der Waals surface area contributed by atoms with Gasteiger partial charge in [-0.1, -0.05) is 0 Å². The van der Waals surface area contributed by atoms with Crippen LogP contribution >= 0.6 is 15.2 Å². The standard InChI is InChI=1S/C6H17NO7P2.ClH/c1-7(2,3)5-4-6(8,15(9,10)11)16(12,13)14;/h8H,4-5H2,1-3H3,(H3-,9,10,11,12,13,14);1H. The van der Waals surface area contributed by atoms with Gasteiger partial charge < -0.3 is 41.6 Å². The second-order valence-corrected chi connectivity index (χ2v) is 8.63. The van der Waals surface area contributed by atoms with Gasteiger partial charge in [0.1, 0.15) is 0 Å². The molecule has 0 aliphatic carbocycles. The highest BCUT2D eigenvalue weighted by Gasteiger charge is 2.59. The largest absolute Gasteiger partial charge is 1.00 e. The first-order chi connectivity index (χ1) is 6.71. The van der Waals surface area contributed by atoms with Gasteiger partial charge in [-0.25, -0.2) is 0 Å². The van der Waals surface area contributed by atoms with Crippen molar-refractivity contribution < 1.29 is 50.7 Å². The van der Waals surface area contributed by atoms with Crippen LogP contribution in [0.4, 0.5) is 0 Å². The van der Waals surface area contributed by atoms with E-state index in [1.54, 1.807) is 21.1 Å². The number of quaternary nitrogens is 1. The van der Waals surface area contributed by atoms with E-state index in [0.717, 1.165) is 0 Å². The van der Waals surface area contributed by atoms with Crippen molar-refractivity contribution in [2.45, 2.75) is 11.5 Å². The Morgan fingerprint density at radius 2 is 1.29 bits per heavy atom. The predicted octanol–water partition coefficient (Wildman–Crippen LogP) is -3.91. The summed E-state index contributed by atoms with van der Waals surface area (Å²) in [5.41, 5.74) is 0.